The van der Waals surface area contributed by atoms with Gasteiger partial charge in [0.2, 0.25) is 15.9 Å². The van der Waals surface area contributed by atoms with Gasteiger partial charge in [0.1, 0.15) is 5.75 Å². The lowest BCUT2D eigenvalue weighted by Gasteiger charge is -2.23. The van der Waals surface area contributed by atoms with Crippen molar-refractivity contribution >= 4 is 21.6 Å². The van der Waals surface area contributed by atoms with Gasteiger partial charge in [-0.3, -0.25) is 9.10 Å². The zero-order chi connectivity index (χ0) is 21.4. The molecule has 1 amide bonds. The molecule has 0 saturated carbocycles. The number of ether oxygens (including phenoxy) is 1. The molecule has 7 heteroatoms. The molecular weight excluding hydrogens is 388 g/mol. The van der Waals surface area contributed by atoms with E-state index in [1.807, 2.05) is 38.1 Å². The van der Waals surface area contributed by atoms with Crippen molar-refractivity contribution in [3.8, 4) is 5.75 Å². The fourth-order valence-electron chi connectivity index (χ4n) is 3.28. The summed E-state index contributed by atoms with van der Waals surface area (Å²) < 4.78 is 31.0. The molecule has 2 rings (SSSR count). The average Bonchev–Trinajstić information content (AvgIpc) is 2.69. The summed E-state index contributed by atoms with van der Waals surface area (Å²) in [5.74, 6) is 0.497. The van der Waals surface area contributed by atoms with E-state index < -0.39 is 10.0 Å². The quantitative estimate of drug-likeness (QED) is 0.636. The number of sulfonamides is 1. The van der Waals surface area contributed by atoms with Crippen LogP contribution < -0.4 is 14.4 Å². The fraction of sp³-hybridized carbons (Fsp3) is 0.409. The van der Waals surface area contributed by atoms with Crippen LogP contribution in [0.4, 0.5) is 5.69 Å². The summed E-state index contributed by atoms with van der Waals surface area (Å²) in [4.78, 5) is 12.5. The van der Waals surface area contributed by atoms with Crippen molar-refractivity contribution in [2.45, 2.75) is 39.2 Å². The molecule has 0 aromatic heterocycles. The maximum atomic E-state index is 12.5. The second kappa shape index (κ2) is 10.3. The molecule has 0 heterocycles. The third-order valence-corrected chi connectivity index (χ3v) is 6.01. The highest BCUT2D eigenvalue weighted by Gasteiger charge is 2.19. The number of aryl methyl sites for hydroxylation is 1. The molecule has 0 bridgehead atoms. The van der Waals surface area contributed by atoms with Crippen LogP contribution in [-0.4, -0.2) is 34.2 Å². The minimum absolute atomic E-state index is 0.0481. The first-order chi connectivity index (χ1) is 13.8. The molecule has 2 aromatic carbocycles. The summed E-state index contributed by atoms with van der Waals surface area (Å²) in [6.07, 6.45) is 2.62. The SMILES string of the molecule is CC[C@@H](NC(=O)CCCN(c1cccc(OC)c1)S(C)(=O)=O)c1ccccc1C. The van der Waals surface area contributed by atoms with Gasteiger partial charge in [0.15, 0.2) is 0 Å². The number of hydrogen-bond acceptors (Lipinski definition) is 4. The Kier molecular flexibility index (Phi) is 8.08. The number of carbonyl (C=O) groups excluding carboxylic acids is 1. The number of nitrogens with zero attached hydrogens (tertiary/aromatic N) is 1. The van der Waals surface area contributed by atoms with E-state index in [-0.39, 0.29) is 24.9 Å². The molecule has 0 spiro atoms. The lowest BCUT2D eigenvalue weighted by Crippen LogP contribution is -2.33. The van der Waals surface area contributed by atoms with Gasteiger partial charge in [-0.1, -0.05) is 37.3 Å². The second-order valence-electron chi connectivity index (χ2n) is 7.03. The molecule has 0 radical (unpaired) electrons. The smallest absolute Gasteiger partial charge is 0.232 e. The largest absolute Gasteiger partial charge is 0.497 e. The minimum atomic E-state index is -3.47. The van der Waals surface area contributed by atoms with Gasteiger partial charge in [-0.15, -0.1) is 0 Å². The predicted molar refractivity (Wildman–Crippen MR) is 117 cm³/mol. The first kappa shape index (κ1) is 22.7. The number of anilines is 1. The van der Waals surface area contributed by atoms with E-state index in [1.54, 1.807) is 24.3 Å². The first-order valence-electron chi connectivity index (χ1n) is 9.73. The Bertz CT molecular complexity index is 928. The molecule has 1 N–H and O–H groups in total. The van der Waals surface area contributed by atoms with Crippen molar-refractivity contribution in [1.29, 1.82) is 0 Å². The van der Waals surface area contributed by atoms with E-state index in [9.17, 15) is 13.2 Å². The molecule has 2 aromatic rings. The number of hydrogen-bond donors (Lipinski definition) is 1. The van der Waals surface area contributed by atoms with E-state index in [4.69, 9.17) is 4.74 Å². The monoisotopic (exact) mass is 418 g/mol. The van der Waals surface area contributed by atoms with Crippen molar-refractivity contribution < 1.29 is 17.9 Å². The zero-order valence-electron chi connectivity index (χ0n) is 17.5. The van der Waals surface area contributed by atoms with Crippen molar-refractivity contribution in [2.75, 3.05) is 24.2 Å². The Morgan fingerprint density at radius 1 is 1.17 bits per heavy atom. The first-order valence-corrected chi connectivity index (χ1v) is 11.6. The molecular formula is C22H30N2O4S. The topological polar surface area (TPSA) is 75.7 Å². The van der Waals surface area contributed by atoms with Gasteiger partial charge in [-0.25, -0.2) is 8.42 Å². The fourth-order valence-corrected chi connectivity index (χ4v) is 4.24. The maximum Gasteiger partial charge on any atom is 0.232 e. The highest BCUT2D eigenvalue weighted by molar-refractivity contribution is 7.92. The summed E-state index contributed by atoms with van der Waals surface area (Å²) >= 11 is 0. The molecule has 0 aliphatic rings. The Hall–Kier alpha value is -2.54. The lowest BCUT2D eigenvalue weighted by molar-refractivity contribution is -0.121. The van der Waals surface area contributed by atoms with Gasteiger partial charge in [0, 0.05) is 19.0 Å². The minimum Gasteiger partial charge on any atom is -0.497 e. The molecule has 0 saturated heterocycles. The molecule has 29 heavy (non-hydrogen) atoms. The molecule has 0 aliphatic carbocycles. The van der Waals surface area contributed by atoms with E-state index in [2.05, 4.69) is 5.32 Å². The zero-order valence-corrected chi connectivity index (χ0v) is 18.3. The van der Waals surface area contributed by atoms with Crippen LogP contribution in [0.5, 0.6) is 5.75 Å². The number of rotatable bonds is 10. The van der Waals surface area contributed by atoms with Crippen molar-refractivity contribution in [3.63, 3.8) is 0 Å². The molecule has 1 atom stereocenters. The van der Waals surface area contributed by atoms with Crippen LogP contribution in [0.1, 0.15) is 43.4 Å². The van der Waals surface area contributed by atoms with E-state index in [1.165, 1.54) is 11.4 Å². The van der Waals surface area contributed by atoms with Crippen LogP contribution >= 0.6 is 0 Å². The van der Waals surface area contributed by atoms with Crippen molar-refractivity contribution in [2.24, 2.45) is 0 Å². The highest BCUT2D eigenvalue weighted by atomic mass is 32.2. The summed E-state index contributed by atoms with van der Waals surface area (Å²) in [6, 6.07) is 14.8. The van der Waals surface area contributed by atoms with Gasteiger partial charge in [-0.05, 0) is 43.0 Å². The molecule has 158 valence electrons. The van der Waals surface area contributed by atoms with Crippen LogP contribution in [0.3, 0.4) is 0 Å². The van der Waals surface area contributed by atoms with Crippen molar-refractivity contribution in [3.05, 3.63) is 59.7 Å². The third-order valence-electron chi connectivity index (χ3n) is 4.81. The second-order valence-corrected chi connectivity index (χ2v) is 8.93. The normalized spacial score (nSPS) is 12.3. The van der Waals surface area contributed by atoms with Gasteiger partial charge in [-0.2, -0.15) is 0 Å². The third kappa shape index (κ3) is 6.49. The van der Waals surface area contributed by atoms with Crippen LogP contribution in [0.25, 0.3) is 0 Å². The number of carbonyl (C=O) groups is 1. The van der Waals surface area contributed by atoms with E-state index >= 15 is 0 Å². The molecule has 0 fully saturated rings. The van der Waals surface area contributed by atoms with Gasteiger partial charge in [0.25, 0.3) is 0 Å². The molecule has 0 unspecified atom stereocenters. The van der Waals surface area contributed by atoms with Crippen LogP contribution in [0, 0.1) is 6.92 Å². The highest BCUT2D eigenvalue weighted by Crippen LogP contribution is 2.24. The maximum absolute atomic E-state index is 12.5. The Morgan fingerprint density at radius 3 is 2.52 bits per heavy atom. The van der Waals surface area contributed by atoms with Crippen LogP contribution in [-0.2, 0) is 14.8 Å². The van der Waals surface area contributed by atoms with E-state index in [0.29, 0.717) is 17.9 Å². The molecule has 0 aliphatic heterocycles. The number of nitrogens with one attached hydrogen (secondary N) is 1. The Labute approximate surface area is 173 Å². The summed E-state index contributed by atoms with van der Waals surface area (Å²) in [7, 11) is -1.94. The van der Waals surface area contributed by atoms with Crippen LogP contribution in [0.2, 0.25) is 0 Å². The van der Waals surface area contributed by atoms with Gasteiger partial charge >= 0.3 is 0 Å². The van der Waals surface area contributed by atoms with Gasteiger partial charge < -0.3 is 10.1 Å². The molecule has 6 nitrogen and oxygen atoms in total. The summed E-state index contributed by atoms with van der Waals surface area (Å²) in [5, 5.41) is 3.07. The Morgan fingerprint density at radius 2 is 1.90 bits per heavy atom. The van der Waals surface area contributed by atoms with E-state index in [0.717, 1.165) is 23.8 Å². The Balaban J connectivity index is 2.00. The predicted octanol–water partition coefficient (Wildman–Crippen LogP) is 3.82. The summed E-state index contributed by atoms with van der Waals surface area (Å²) in [6.45, 7) is 4.29. The standard InChI is InChI=1S/C22H30N2O4S/c1-5-21(20-13-7-6-10-17(20)2)23-22(25)14-9-15-24(29(4,26)27)18-11-8-12-19(16-18)28-3/h6-8,10-13,16,21H,5,9,14-15H2,1-4H3,(H,23,25)/t21-/m1/s1. The summed E-state index contributed by atoms with van der Waals surface area (Å²) in [5.41, 5.74) is 2.78. The van der Waals surface area contributed by atoms with Gasteiger partial charge in [0.05, 0.1) is 25.1 Å². The number of benzene rings is 2. The number of methoxy groups -OCH3 is 1. The van der Waals surface area contributed by atoms with Crippen molar-refractivity contribution in [1.82, 2.24) is 5.32 Å². The van der Waals surface area contributed by atoms with Crippen LogP contribution in [0.15, 0.2) is 48.5 Å². The lowest BCUT2D eigenvalue weighted by atomic mass is 9.99. The average molecular weight is 419 g/mol. The number of amides is 1.